The summed E-state index contributed by atoms with van der Waals surface area (Å²) >= 11 is 0. The smallest absolute Gasteiger partial charge is 0.0653 e. The van der Waals surface area contributed by atoms with Crippen molar-refractivity contribution in [1.29, 1.82) is 5.26 Å². The van der Waals surface area contributed by atoms with Crippen LogP contribution < -0.4 is 0 Å². The van der Waals surface area contributed by atoms with Gasteiger partial charge in [0.2, 0.25) is 0 Å². The molecule has 0 amide bonds. The van der Waals surface area contributed by atoms with Crippen molar-refractivity contribution in [3.63, 3.8) is 0 Å². The van der Waals surface area contributed by atoms with Gasteiger partial charge in [0.1, 0.15) is 0 Å². The van der Waals surface area contributed by atoms with Gasteiger partial charge in [0, 0.05) is 19.1 Å². The number of hydrogen-bond donors (Lipinski definition) is 0. The van der Waals surface area contributed by atoms with E-state index in [9.17, 15) is 0 Å². The Labute approximate surface area is 56.4 Å². The van der Waals surface area contributed by atoms with E-state index in [-0.39, 0.29) is 5.92 Å². The monoisotopic (exact) mass is 127 g/mol. The average molecular weight is 127 g/mol. The minimum Gasteiger partial charge on any atom is -0.382 e. The average Bonchev–Trinajstić information content (AvgIpc) is 1.89. The molecule has 0 saturated carbocycles. The molecule has 0 spiro atoms. The first kappa shape index (κ1) is 8.45. The molecule has 0 N–H and O–H groups in total. The highest BCUT2D eigenvalue weighted by atomic mass is 16.5. The molecule has 0 aliphatic carbocycles. The predicted octanol–water partition coefficient (Wildman–Crippen LogP) is 1.57. The van der Waals surface area contributed by atoms with Crippen LogP contribution in [-0.4, -0.2) is 13.2 Å². The molecule has 0 rings (SSSR count). The third kappa shape index (κ3) is 5.32. The number of hydrogen-bond acceptors (Lipinski definition) is 2. The summed E-state index contributed by atoms with van der Waals surface area (Å²) in [6.07, 6.45) is 0.852. The molecular weight excluding hydrogens is 114 g/mol. The van der Waals surface area contributed by atoms with Crippen LogP contribution in [0.2, 0.25) is 0 Å². The maximum absolute atomic E-state index is 8.33. The van der Waals surface area contributed by atoms with E-state index in [1.165, 1.54) is 0 Å². The Bertz CT molecular complexity index is 95.6. The van der Waals surface area contributed by atoms with Crippen molar-refractivity contribution in [3.8, 4) is 6.07 Å². The van der Waals surface area contributed by atoms with E-state index in [1.807, 2.05) is 13.8 Å². The number of rotatable bonds is 4. The highest BCUT2D eigenvalue weighted by Gasteiger charge is 1.96. The van der Waals surface area contributed by atoms with E-state index >= 15 is 0 Å². The SMILES string of the molecule is CCOCCC(C)C#N. The van der Waals surface area contributed by atoms with Crippen LogP contribution in [0.15, 0.2) is 0 Å². The molecule has 1 unspecified atom stereocenters. The van der Waals surface area contributed by atoms with Gasteiger partial charge in [-0.2, -0.15) is 5.26 Å². The van der Waals surface area contributed by atoms with Gasteiger partial charge >= 0.3 is 0 Å². The van der Waals surface area contributed by atoms with Crippen molar-refractivity contribution >= 4 is 0 Å². The quantitative estimate of drug-likeness (QED) is 0.537. The van der Waals surface area contributed by atoms with Gasteiger partial charge in [-0.15, -0.1) is 0 Å². The van der Waals surface area contributed by atoms with Crippen LogP contribution in [0.3, 0.4) is 0 Å². The molecule has 0 fully saturated rings. The van der Waals surface area contributed by atoms with Gasteiger partial charge in [-0.25, -0.2) is 0 Å². The fraction of sp³-hybridized carbons (Fsp3) is 0.857. The van der Waals surface area contributed by atoms with E-state index in [1.54, 1.807) is 0 Å². The number of nitriles is 1. The summed E-state index contributed by atoms with van der Waals surface area (Å²) in [4.78, 5) is 0. The van der Waals surface area contributed by atoms with Gasteiger partial charge in [0.25, 0.3) is 0 Å². The molecule has 0 aromatic carbocycles. The second kappa shape index (κ2) is 5.58. The molecular formula is C7H13NO. The molecule has 2 nitrogen and oxygen atoms in total. The first-order valence-corrected chi connectivity index (χ1v) is 3.28. The maximum Gasteiger partial charge on any atom is 0.0653 e. The van der Waals surface area contributed by atoms with Crippen molar-refractivity contribution in [3.05, 3.63) is 0 Å². The molecule has 0 aromatic rings. The lowest BCUT2D eigenvalue weighted by Crippen LogP contribution is -1.98. The Kier molecular flexibility index (Phi) is 5.24. The summed E-state index contributed by atoms with van der Waals surface area (Å²) in [7, 11) is 0. The maximum atomic E-state index is 8.33. The van der Waals surface area contributed by atoms with E-state index in [4.69, 9.17) is 10.00 Å². The van der Waals surface area contributed by atoms with Crippen LogP contribution in [0, 0.1) is 17.2 Å². The molecule has 0 radical (unpaired) electrons. The Morgan fingerprint density at radius 3 is 2.78 bits per heavy atom. The first-order chi connectivity index (χ1) is 4.31. The molecule has 0 heterocycles. The molecule has 0 bridgehead atoms. The van der Waals surface area contributed by atoms with E-state index in [0.29, 0.717) is 6.61 Å². The summed E-state index contributed by atoms with van der Waals surface area (Å²) in [5.41, 5.74) is 0. The topological polar surface area (TPSA) is 33.0 Å². The van der Waals surface area contributed by atoms with Gasteiger partial charge < -0.3 is 4.74 Å². The molecule has 52 valence electrons. The summed E-state index contributed by atoms with van der Waals surface area (Å²) in [5, 5.41) is 8.33. The van der Waals surface area contributed by atoms with Crippen molar-refractivity contribution in [2.24, 2.45) is 5.92 Å². The number of ether oxygens (including phenoxy) is 1. The van der Waals surface area contributed by atoms with Gasteiger partial charge in [0.05, 0.1) is 6.07 Å². The van der Waals surface area contributed by atoms with E-state index in [2.05, 4.69) is 6.07 Å². The lowest BCUT2D eigenvalue weighted by Gasteiger charge is -2.00. The van der Waals surface area contributed by atoms with Crippen molar-refractivity contribution < 1.29 is 4.74 Å². The largest absolute Gasteiger partial charge is 0.382 e. The minimum absolute atomic E-state index is 0.136. The van der Waals surface area contributed by atoms with Crippen LogP contribution in [0.4, 0.5) is 0 Å². The van der Waals surface area contributed by atoms with Gasteiger partial charge in [-0.05, 0) is 20.3 Å². The molecule has 0 aliphatic rings. The summed E-state index contributed by atoms with van der Waals surface area (Å²) in [6, 6.07) is 2.14. The Balaban J connectivity index is 2.99. The minimum atomic E-state index is 0.136. The predicted molar refractivity (Wildman–Crippen MR) is 35.9 cm³/mol. The Morgan fingerprint density at radius 1 is 1.67 bits per heavy atom. The van der Waals surface area contributed by atoms with Gasteiger partial charge in [-0.3, -0.25) is 0 Å². The van der Waals surface area contributed by atoms with Crippen molar-refractivity contribution in [2.45, 2.75) is 20.3 Å². The van der Waals surface area contributed by atoms with Crippen LogP contribution in [0.5, 0.6) is 0 Å². The lowest BCUT2D eigenvalue weighted by molar-refractivity contribution is 0.139. The third-order valence-corrected chi connectivity index (χ3v) is 1.12. The molecule has 0 saturated heterocycles. The summed E-state index contributed by atoms with van der Waals surface area (Å²) < 4.78 is 5.05. The molecule has 0 aromatic heterocycles. The normalized spacial score (nSPS) is 12.6. The third-order valence-electron chi connectivity index (χ3n) is 1.12. The summed E-state index contributed by atoms with van der Waals surface area (Å²) in [6.45, 7) is 5.32. The van der Waals surface area contributed by atoms with Crippen LogP contribution >= 0.6 is 0 Å². The fourth-order valence-electron chi connectivity index (χ4n) is 0.469. The second-order valence-electron chi connectivity index (χ2n) is 2.02. The molecule has 9 heavy (non-hydrogen) atoms. The highest BCUT2D eigenvalue weighted by molar-refractivity contribution is 4.77. The van der Waals surface area contributed by atoms with E-state index in [0.717, 1.165) is 13.0 Å². The first-order valence-electron chi connectivity index (χ1n) is 3.28. The van der Waals surface area contributed by atoms with Gasteiger partial charge in [0.15, 0.2) is 0 Å². The van der Waals surface area contributed by atoms with E-state index < -0.39 is 0 Å². The molecule has 1 atom stereocenters. The van der Waals surface area contributed by atoms with Crippen LogP contribution in [0.1, 0.15) is 20.3 Å². The standard InChI is InChI=1S/C7H13NO/c1-3-9-5-4-7(2)6-8/h7H,3-5H2,1-2H3. The zero-order valence-corrected chi connectivity index (χ0v) is 6.05. The second-order valence-corrected chi connectivity index (χ2v) is 2.02. The zero-order valence-electron chi connectivity index (χ0n) is 6.05. The van der Waals surface area contributed by atoms with Crippen LogP contribution in [-0.2, 0) is 4.74 Å². The van der Waals surface area contributed by atoms with Crippen molar-refractivity contribution in [1.82, 2.24) is 0 Å². The molecule has 2 heteroatoms. The van der Waals surface area contributed by atoms with Crippen molar-refractivity contribution in [2.75, 3.05) is 13.2 Å². The Morgan fingerprint density at radius 2 is 2.33 bits per heavy atom. The fourth-order valence-corrected chi connectivity index (χ4v) is 0.469. The van der Waals surface area contributed by atoms with Gasteiger partial charge in [-0.1, -0.05) is 0 Å². The molecule has 0 aliphatic heterocycles. The summed E-state index contributed by atoms with van der Waals surface area (Å²) in [5.74, 6) is 0.136. The zero-order chi connectivity index (χ0) is 7.11. The Hall–Kier alpha value is -0.550. The highest BCUT2D eigenvalue weighted by Crippen LogP contribution is 1.98. The number of nitrogens with zero attached hydrogens (tertiary/aromatic N) is 1. The lowest BCUT2D eigenvalue weighted by atomic mass is 10.1. The van der Waals surface area contributed by atoms with Crippen LogP contribution in [0.25, 0.3) is 0 Å².